The van der Waals surface area contributed by atoms with Crippen molar-refractivity contribution in [3.8, 4) is 34.4 Å². The van der Waals surface area contributed by atoms with Crippen LogP contribution in [-0.4, -0.2) is 30.4 Å². The number of nitrogens with zero attached hydrogens (tertiary/aromatic N) is 2. The second-order valence-corrected chi connectivity index (χ2v) is 9.09. The molecule has 36 heavy (non-hydrogen) atoms. The van der Waals surface area contributed by atoms with Gasteiger partial charge in [-0.3, -0.25) is 9.97 Å². The third-order valence-electron chi connectivity index (χ3n) is 6.43. The molecule has 4 aromatic rings. The first-order valence-electron chi connectivity index (χ1n) is 12.4. The molecule has 0 aliphatic heterocycles. The minimum Gasteiger partial charge on any atom is -0.504 e. The average molecular weight is 485 g/mol. The van der Waals surface area contributed by atoms with Crippen molar-refractivity contribution in [3.05, 3.63) is 95.3 Å². The molecule has 0 bridgehead atoms. The van der Waals surface area contributed by atoms with E-state index in [1.807, 2.05) is 36.7 Å². The summed E-state index contributed by atoms with van der Waals surface area (Å²) < 4.78 is 0. The standard InChI is InChI=1S/C30H32N2O4/c33-27-13-5-11-23(29(27)35)9-3-1-7-21-15-17-25(31-19-21)26-18-16-22(20-32-26)8-2-4-10-24-12-6-14-28(34)30(24)36/h5-6,11-20,33-36H,1-4,7-10H2. The van der Waals surface area contributed by atoms with E-state index in [1.54, 1.807) is 12.1 Å². The SMILES string of the molecule is Oc1cccc(CCCCc2ccc(-c3ccc(CCCCc4cccc(O)c4O)cn3)nc2)c1O. The van der Waals surface area contributed by atoms with E-state index >= 15 is 0 Å². The number of phenolic OH excluding ortho intramolecular Hbond substituents is 4. The Morgan fingerprint density at radius 1 is 0.472 bits per heavy atom. The Morgan fingerprint density at radius 3 is 1.28 bits per heavy atom. The highest BCUT2D eigenvalue weighted by molar-refractivity contribution is 5.54. The smallest absolute Gasteiger partial charge is 0.160 e. The zero-order chi connectivity index (χ0) is 25.3. The summed E-state index contributed by atoms with van der Waals surface area (Å²) >= 11 is 0. The molecule has 0 saturated heterocycles. The molecule has 4 rings (SSSR count). The first-order chi connectivity index (χ1) is 17.5. The number of aromatic hydroxyl groups is 4. The quantitative estimate of drug-likeness (QED) is 0.151. The molecule has 0 spiro atoms. The second kappa shape index (κ2) is 12.1. The zero-order valence-corrected chi connectivity index (χ0v) is 20.3. The molecule has 4 N–H and O–H groups in total. The summed E-state index contributed by atoms with van der Waals surface area (Å²) in [5.74, 6) is -0.175. The molecule has 0 unspecified atom stereocenters. The molecular weight excluding hydrogens is 452 g/mol. The number of benzene rings is 2. The lowest BCUT2D eigenvalue weighted by atomic mass is 10.0. The Kier molecular flexibility index (Phi) is 8.40. The van der Waals surface area contributed by atoms with Crippen LogP contribution in [-0.2, 0) is 25.7 Å². The lowest BCUT2D eigenvalue weighted by Gasteiger charge is -2.07. The van der Waals surface area contributed by atoms with Crippen molar-refractivity contribution in [2.45, 2.75) is 51.4 Å². The molecule has 0 saturated carbocycles. The van der Waals surface area contributed by atoms with E-state index in [1.165, 1.54) is 12.1 Å². The lowest BCUT2D eigenvalue weighted by Crippen LogP contribution is -1.94. The van der Waals surface area contributed by atoms with Gasteiger partial charge in [0, 0.05) is 12.4 Å². The lowest BCUT2D eigenvalue weighted by molar-refractivity contribution is 0.398. The molecule has 0 aliphatic carbocycles. The monoisotopic (exact) mass is 484 g/mol. The minimum absolute atomic E-state index is 0.0179. The molecule has 0 radical (unpaired) electrons. The van der Waals surface area contributed by atoms with Crippen LogP contribution < -0.4 is 0 Å². The van der Waals surface area contributed by atoms with Crippen LogP contribution in [0.15, 0.2) is 73.1 Å². The second-order valence-electron chi connectivity index (χ2n) is 9.09. The van der Waals surface area contributed by atoms with Gasteiger partial charge in [0.2, 0.25) is 0 Å². The number of hydrogen-bond acceptors (Lipinski definition) is 6. The van der Waals surface area contributed by atoms with E-state index in [0.717, 1.165) is 85.0 Å². The minimum atomic E-state index is -0.0694. The summed E-state index contributed by atoms with van der Waals surface area (Å²) in [6, 6.07) is 18.3. The number of phenols is 4. The fourth-order valence-electron chi connectivity index (χ4n) is 4.30. The van der Waals surface area contributed by atoms with E-state index < -0.39 is 0 Å². The van der Waals surface area contributed by atoms with E-state index in [2.05, 4.69) is 22.1 Å². The number of aryl methyl sites for hydroxylation is 4. The van der Waals surface area contributed by atoms with Gasteiger partial charge < -0.3 is 20.4 Å². The Hall–Kier alpha value is -4.06. The molecule has 2 aromatic heterocycles. The first-order valence-corrected chi connectivity index (χ1v) is 12.4. The molecule has 2 aromatic carbocycles. The van der Waals surface area contributed by atoms with Gasteiger partial charge in [0.05, 0.1) is 11.4 Å². The topological polar surface area (TPSA) is 107 Å². The fraction of sp³-hybridized carbons (Fsp3) is 0.267. The predicted octanol–water partition coefficient (Wildman–Crippen LogP) is 6.10. The molecule has 6 nitrogen and oxygen atoms in total. The average Bonchev–Trinajstić information content (AvgIpc) is 2.90. The Bertz CT molecular complexity index is 1170. The normalized spacial score (nSPS) is 11.0. The van der Waals surface area contributed by atoms with Crippen LogP contribution in [0.25, 0.3) is 11.4 Å². The molecule has 6 heteroatoms. The summed E-state index contributed by atoms with van der Waals surface area (Å²) in [4.78, 5) is 9.17. The van der Waals surface area contributed by atoms with Crippen LogP contribution >= 0.6 is 0 Å². The highest BCUT2D eigenvalue weighted by Crippen LogP contribution is 2.30. The van der Waals surface area contributed by atoms with E-state index in [4.69, 9.17) is 0 Å². The fourth-order valence-corrected chi connectivity index (χ4v) is 4.30. The summed E-state index contributed by atoms with van der Waals surface area (Å²) in [5.41, 5.74) is 5.55. The maximum absolute atomic E-state index is 9.90. The molecule has 186 valence electrons. The van der Waals surface area contributed by atoms with Crippen molar-refractivity contribution in [3.63, 3.8) is 0 Å². The third kappa shape index (κ3) is 6.54. The van der Waals surface area contributed by atoms with Crippen LogP contribution in [0, 0.1) is 0 Å². The summed E-state index contributed by atoms with van der Waals surface area (Å²) in [6.07, 6.45) is 10.8. The Morgan fingerprint density at radius 2 is 0.889 bits per heavy atom. The van der Waals surface area contributed by atoms with Crippen molar-refractivity contribution in [2.75, 3.05) is 0 Å². The van der Waals surface area contributed by atoms with Crippen LogP contribution in [0.1, 0.15) is 47.9 Å². The van der Waals surface area contributed by atoms with E-state index in [9.17, 15) is 20.4 Å². The largest absolute Gasteiger partial charge is 0.504 e. The van der Waals surface area contributed by atoms with Crippen molar-refractivity contribution in [1.82, 2.24) is 9.97 Å². The van der Waals surface area contributed by atoms with Crippen LogP contribution in [0.2, 0.25) is 0 Å². The molecule has 0 fully saturated rings. The summed E-state index contributed by atoms with van der Waals surface area (Å²) in [5, 5.41) is 39.0. The van der Waals surface area contributed by atoms with Crippen LogP contribution in [0.5, 0.6) is 23.0 Å². The third-order valence-corrected chi connectivity index (χ3v) is 6.43. The van der Waals surface area contributed by atoms with Gasteiger partial charge >= 0.3 is 0 Å². The summed E-state index contributed by atoms with van der Waals surface area (Å²) in [7, 11) is 0. The van der Waals surface area contributed by atoms with Crippen molar-refractivity contribution in [1.29, 1.82) is 0 Å². The first kappa shape index (κ1) is 25.0. The molecule has 0 atom stereocenters. The number of unbranched alkanes of at least 4 members (excludes halogenated alkanes) is 2. The number of para-hydroxylation sites is 2. The van der Waals surface area contributed by atoms with Gasteiger partial charge in [-0.2, -0.15) is 0 Å². The Balaban J connectivity index is 1.21. The van der Waals surface area contributed by atoms with Crippen LogP contribution in [0.4, 0.5) is 0 Å². The number of hydrogen-bond donors (Lipinski definition) is 4. The molecular formula is C30H32N2O4. The zero-order valence-electron chi connectivity index (χ0n) is 20.3. The van der Waals surface area contributed by atoms with Crippen molar-refractivity contribution < 1.29 is 20.4 Å². The maximum atomic E-state index is 9.90. The van der Waals surface area contributed by atoms with Gasteiger partial charge in [0.1, 0.15) is 0 Å². The van der Waals surface area contributed by atoms with Gasteiger partial charge in [0.25, 0.3) is 0 Å². The van der Waals surface area contributed by atoms with Gasteiger partial charge in [-0.05, 0) is 97.9 Å². The van der Waals surface area contributed by atoms with E-state index in [0.29, 0.717) is 0 Å². The summed E-state index contributed by atoms with van der Waals surface area (Å²) in [6.45, 7) is 0. The Labute approximate surface area is 211 Å². The molecule has 2 heterocycles. The van der Waals surface area contributed by atoms with E-state index in [-0.39, 0.29) is 23.0 Å². The van der Waals surface area contributed by atoms with Gasteiger partial charge in [-0.1, -0.05) is 36.4 Å². The van der Waals surface area contributed by atoms with Gasteiger partial charge in [-0.15, -0.1) is 0 Å². The highest BCUT2D eigenvalue weighted by Gasteiger charge is 2.07. The number of pyridine rings is 2. The maximum Gasteiger partial charge on any atom is 0.160 e. The molecule has 0 amide bonds. The van der Waals surface area contributed by atoms with Crippen molar-refractivity contribution >= 4 is 0 Å². The number of aromatic nitrogens is 2. The highest BCUT2D eigenvalue weighted by atomic mass is 16.3. The van der Waals surface area contributed by atoms with Gasteiger partial charge in [0.15, 0.2) is 23.0 Å². The molecule has 0 aliphatic rings. The predicted molar refractivity (Wildman–Crippen MR) is 140 cm³/mol. The van der Waals surface area contributed by atoms with Crippen LogP contribution in [0.3, 0.4) is 0 Å². The number of rotatable bonds is 11. The van der Waals surface area contributed by atoms with Crippen molar-refractivity contribution in [2.24, 2.45) is 0 Å². The van der Waals surface area contributed by atoms with Gasteiger partial charge in [-0.25, -0.2) is 0 Å².